The Morgan fingerprint density at radius 1 is 0.700 bits per heavy atom. The van der Waals surface area contributed by atoms with Crippen LogP contribution in [0.15, 0.2) is 84.9 Å². The summed E-state index contributed by atoms with van der Waals surface area (Å²) in [6.07, 6.45) is -1.02. The Morgan fingerprint density at radius 3 is 1.68 bits per heavy atom. The minimum Gasteiger partial charge on any atom is -0.389 e. The second-order valence-corrected chi connectivity index (χ2v) is 10.8. The maximum absolute atomic E-state index is 14.3. The molecule has 2 aromatic heterocycles. The van der Waals surface area contributed by atoms with E-state index in [2.05, 4.69) is 14.5 Å². The van der Waals surface area contributed by atoms with Gasteiger partial charge in [0.15, 0.2) is 0 Å². The van der Waals surface area contributed by atoms with Crippen molar-refractivity contribution in [2.45, 2.75) is 45.2 Å². The third-order valence-electron chi connectivity index (χ3n) is 7.53. The summed E-state index contributed by atoms with van der Waals surface area (Å²) in [5, 5.41) is 17.6. The first-order chi connectivity index (χ1) is 19.4. The van der Waals surface area contributed by atoms with Gasteiger partial charge in [0.1, 0.15) is 11.6 Å². The molecule has 0 aliphatic heterocycles. The summed E-state index contributed by atoms with van der Waals surface area (Å²) in [4.78, 5) is 0. The van der Waals surface area contributed by atoms with Crippen molar-refractivity contribution in [1.29, 1.82) is 0 Å². The van der Waals surface area contributed by atoms with E-state index in [-0.39, 0.29) is 30.4 Å². The highest BCUT2D eigenvalue weighted by Gasteiger charge is 2.21. The molecule has 0 radical (unpaired) electrons. The molecule has 4 aromatic carbocycles. The Bertz CT molecular complexity index is 1680. The average Bonchev–Trinajstić information content (AvgIpc) is 3.42. The minimum atomic E-state index is -0.676. The highest BCUT2D eigenvalue weighted by atomic mass is 19.1. The molecule has 0 saturated carbocycles. The minimum absolute atomic E-state index is 0.155. The van der Waals surface area contributed by atoms with Crippen molar-refractivity contribution in [3.63, 3.8) is 0 Å². The van der Waals surface area contributed by atoms with Gasteiger partial charge in [-0.15, -0.1) is 0 Å². The van der Waals surface area contributed by atoms with Crippen LogP contribution in [0, 0.1) is 11.6 Å². The SMILES string of the molecule is CC(C)NCC(O)COC(Cn1c2ccccc2c2cc(F)ccc21)Cn1c2ccccc2c2cc(F)ccc21. The molecule has 0 bridgehead atoms. The number of aliphatic hydroxyl groups excluding tert-OH is 1. The molecular weight excluding hydrogens is 508 g/mol. The lowest BCUT2D eigenvalue weighted by atomic mass is 10.1. The molecule has 2 heterocycles. The van der Waals surface area contributed by atoms with Gasteiger partial charge in [0.25, 0.3) is 0 Å². The number of halogens is 2. The number of ether oxygens (including phenoxy) is 1. The zero-order valence-electron chi connectivity index (χ0n) is 22.6. The van der Waals surface area contributed by atoms with Crippen LogP contribution in [-0.2, 0) is 17.8 Å². The lowest BCUT2D eigenvalue weighted by Gasteiger charge is -2.24. The molecule has 6 rings (SSSR count). The molecule has 206 valence electrons. The number of fused-ring (bicyclic) bond motifs is 6. The number of para-hydroxylation sites is 2. The Morgan fingerprint density at radius 2 is 1.18 bits per heavy atom. The van der Waals surface area contributed by atoms with E-state index in [4.69, 9.17) is 4.74 Å². The Hall–Kier alpha value is -3.78. The maximum atomic E-state index is 14.3. The van der Waals surface area contributed by atoms with Gasteiger partial charge < -0.3 is 24.3 Å². The molecule has 40 heavy (non-hydrogen) atoms. The average molecular weight is 542 g/mol. The molecule has 1 atom stereocenters. The summed E-state index contributed by atoms with van der Waals surface area (Å²) in [7, 11) is 0. The molecule has 0 amide bonds. The van der Waals surface area contributed by atoms with Crippen molar-refractivity contribution in [3.05, 3.63) is 96.6 Å². The van der Waals surface area contributed by atoms with Gasteiger partial charge in [-0.25, -0.2) is 8.78 Å². The van der Waals surface area contributed by atoms with Crippen LogP contribution >= 0.6 is 0 Å². The van der Waals surface area contributed by atoms with E-state index in [1.165, 1.54) is 12.1 Å². The van der Waals surface area contributed by atoms with E-state index in [0.717, 1.165) is 43.6 Å². The molecule has 0 aliphatic rings. The van der Waals surface area contributed by atoms with Gasteiger partial charge in [0, 0.05) is 56.2 Å². The lowest BCUT2D eigenvalue weighted by Crippen LogP contribution is -2.36. The third kappa shape index (κ3) is 5.08. The third-order valence-corrected chi connectivity index (χ3v) is 7.53. The van der Waals surface area contributed by atoms with Gasteiger partial charge in [-0.3, -0.25) is 0 Å². The zero-order chi connectivity index (χ0) is 27.8. The van der Waals surface area contributed by atoms with Crippen LogP contribution in [0.1, 0.15) is 13.8 Å². The van der Waals surface area contributed by atoms with Gasteiger partial charge in [-0.05, 0) is 48.5 Å². The quantitative estimate of drug-likeness (QED) is 0.205. The van der Waals surface area contributed by atoms with Gasteiger partial charge in [-0.1, -0.05) is 50.2 Å². The first kappa shape index (κ1) is 26.4. The second-order valence-electron chi connectivity index (χ2n) is 10.8. The van der Waals surface area contributed by atoms with Crippen molar-refractivity contribution in [1.82, 2.24) is 14.5 Å². The van der Waals surface area contributed by atoms with Crippen LogP contribution in [-0.4, -0.2) is 45.6 Å². The summed E-state index contributed by atoms with van der Waals surface area (Å²) >= 11 is 0. The number of aliphatic hydroxyl groups is 1. The number of benzene rings is 4. The lowest BCUT2D eigenvalue weighted by molar-refractivity contribution is -0.0210. The highest BCUT2D eigenvalue weighted by Crippen LogP contribution is 2.32. The monoisotopic (exact) mass is 541 g/mol. The molecule has 2 N–H and O–H groups in total. The van der Waals surface area contributed by atoms with Crippen molar-refractivity contribution in [3.8, 4) is 0 Å². The summed E-state index contributed by atoms with van der Waals surface area (Å²) in [6.45, 7) is 5.61. The van der Waals surface area contributed by atoms with Crippen LogP contribution in [0.5, 0.6) is 0 Å². The first-order valence-electron chi connectivity index (χ1n) is 13.7. The molecule has 0 saturated heterocycles. The van der Waals surface area contributed by atoms with E-state index in [1.54, 1.807) is 12.1 Å². The molecule has 0 aliphatic carbocycles. The second kappa shape index (κ2) is 11.0. The molecule has 1 unspecified atom stereocenters. The van der Waals surface area contributed by atoms with E-state index in [0.29, 0.717) is 19.6 Å². The van der Waals surface area contributed by atoms with Crippen LogP contribution in [0.4, 0.5) is 8.78 Å². The summed E-state index contributed by atoms with van der Waals surface area (Å²) < 4.78 is 39.3. The van der Waals surface area contributed by atoms with Gasteiger partial charge in [-0.2, -0.15) is 0 Å². The van der Waals surface area contributed by atoms with E-state index >= 15 is 0 Å². The number of nitrogens with one attached hydrogen (secondary N) is 1. The fraction of sp³-hybridized carbons (Fsp3) is 0.273. The Kier molecular flexibility index (Phi) is 7.27. The molecular formula is C33H33F2N3O2. The number of aromatic nitrogens is 2. The van der Waals surface area contributed by atoms with Crippen molar-refractivity contribution < 1.29 is 18.6 Å². The number of hydrogen-bond acceptors (Lipinski definition) is 3. The van der Waals surface area contributed by atoms with Crippen LogP contribution < -0.4 is 5.32 Å². The van der Waals surface area contributed by atoms with Crippen LogP contribution in [0.2, 0.25) is 0 Å². The Labute approximate surface area is 231 Å². The van der Waals surface area contributed by atoms with Crippen molar-refractivity contribution in [2.75, 3.05) is 13.2 Å². The zero-order valence-corrected chi connectivity index (χ0v) is 22.6. The largest absolute Gasteiger partial charge is 0.389 e. The summed E-state index contributed by atoms with van der Waals surface area (Å²) in [6, 6.07) is 26.0. The Balaban J connectivity index is 1.41. The molecule has 0 fully saturated rings. The van der Waals surface area contributed by atoms with Gasteiger partial charge >= 0.3 is 0 Å². The van der Waals surface area contributed by atoms with Gasteiger partial charge in [0.05, 0.1) is 31.9 Å². The summed E-state index contributed by atoms with van der Waals surface area (Å²) in [5.74, 6) is -0.553. The van der Waals surface area contributed by atoms with Crippen LogP contribution in [0.25, 0.3) is 43.6 Å². The predicted octanol–water partition coefficient (Wildman–Crippen LogP) is 6.62. The number of rotatable bonds is 10. The maximum Gasteiger partial charge on any atom is 0.123 e. The topological polar surface area (TPSA) is 51.3 Å². The predicted molar refractivity (Wildman–Crippen MR) is 158 cm³/mol. The van der Waals surface area contributed by atoms with E-state index in [9.17, 15) is 13.9 Å². The van der Waals surface area contributed by atoms with Crippen molar-refractivity contribution >= 4 is 43.6 Å². The first-order valence-corrected chi connectivity index (χ1v) is 13.7. The fourth-order valence-electron chi connectivity index (χ4n) is 5.69. The number of hydrogen-bond donors (Lipinski definition) is 2. The van der Waals surface area contributed by atoms with E-state index < -0.39 is 6.10 Å². The molecule has 0 spiro atoms. The fourth-order valence-corrected chi connectivity index (χ4v) is 5.69. The molecule has 5 nitrogen and oxygen atoms in total. The van der Waals surface area contributed by atoms with Crippen LogP contribution in [0.3, 0.4) is 0 Å². The molecule has 7 heteroatoms. The normalized spacial score (nSPS) is 13.1. The van der Waals surface area contributed by atoms with E-state index in [1.807, 2.05) is 74.5 Å². The molecule has 6 aromatic rings. The standard InChI is InChI=1S/C33H33F2N3O2/c1-21(2)36-17-24(39)20-40-25(18-37-30-9-5-3-7-26(30)28-15-22(34)11-13-32(28)37)19-38-31-10-6-4-8-27(31)29-16-23(35)12-14-33(29)38/h3-16,21,24-25,36,39H,17-20H2,1-2H3. The van der Waals surface area contributed by atoms with Crippen molar-refractivity contribution in [2.24, 2.45) is 0 Å². The highest BCUT2D eigenvalue weighted by molar-refractivity contribution is 6.09. The van der Waals surface area contributed by atoms with Gasteiger partial charge in [0.2, 0.25) is 0 Å². The smallest absolute Gasteiger partial charge is 0.123 e. The summed E-state index contributed by atoms with van der Waals surface area (Å²) in [5.41, 5.74) is 3.82. The number of nitrogens with zero attached hydrogens (tertiary/aromatic N) is 2.